The summed E-state index contributed by atoms with van der Waals surface area (Å²) < 4.78 is 22.4. The Morgan fingerprint density at radius 2 is 2.00 bits per heavy atom. The van der Waals surface area contributed by atoms with E-state index in [1.165, 1.54) is 0 Å². The first-order valence-electron chi connectivity index (χ1n) is 4.69. The summed E-state index contributed by atoms with van der Waals surface area (Å²) in [7, 11) is -3.04. The van der Waals surface area contributed by atoms with Crippen LogP contribution in [0.1, 0.15) is 19.8 Å². The number of nitrogens with one attached hydrogen (secondary N) is 1. The molecule has 0 heterocycles. The van der Waals surface area contributed by atoms with Crippen LogP contribution in [0.15, 0.2) is 0 Å². The van der Waals surface area contributed by atoms with Crippen LogP contribution < -0.4 is 11.1 Å². The summed E-state index contributed by atoms with van der Waals surface area (Å²) in [4.78, 5) is 11.0. The van der Waals surface area contributed by atoms with E-state index in [1.54, 1.807) is 6.92 Å². The molecule has 0 fully saturated rings. The fourth-order valence-corrected chi connectivity index (χ4v) is 2.28. The zero-order valence-corrected chi connectivity index (χ0v) is 9.27. The first-order valence-corrected chi connectivity index (χ1v) is 6.51. The molecular formula is C8H18N2O3S. The van der Waals surface area contributed by atoms with E-state index in [1.807, 2.05) is 0 Å². The second-order valence-corrected chi connectivity index (χ2v) is 5.34. The molecule has 1 amide bonds. The van der Waals surface area contributed by atoms with E-state index in [4.69, 9.17) is 5.73 Å². The van der Waals surface area contributed by atoms with E-state index >= 15 is 0 Å². The maximum absolute atomic E-state index is 11.2. The highest BCUT2D eigenvalue weighted by molar-refractivity contribution is 7.91. The largest absolute Gasteiger partial charge is 0.355 e. The predicted molar refractivity (Wildman–Crippen MR) is 55.6 cm³/mol. The Kier molecular flexibility index (Phi) is 6.48. The van der Waals surface area contributed by atoms with Gasteiger partial charge in [-0.25, -0.2) is 8.42 Å². The lowest BCUT2D eigenvalue weighted by Gasteiger charge is -2.03. The standard InChI is InChI=1S/C8H18N2O3S/c1-2-6-14(12,13)7-3-8(11)10-5-4-9/h2-7,9H2,1H3,(H,10,11). The SMILES string of the molecule is CCCS(=O)(=O)CCC(=O)NCCN. The molecule has 0 saturated heterocycles. The van der Waals surface area contributed by atoms with Crippen molar-refractivity contribution in [2.24, 2.45) is 5.73 Å². The topological polar surface area (TPSA) is 89.3 Å². The van der Waals surface area contributed by atoms with Crippen molar-refractivity contribution < 1.29 is 13.2 Å². The summed E-state index contributed by atoms with van der Waals surface area (Å²) in [6.45, 7) is 2.56. The third-order valence-corrected chi connectivity index (χ3v) is 3.48. The van der Waals surface area contributed by atoms with Crippen molar-refractivity contribution in [2.45, 2.75) is 19.8 Å². The number of carbonyl (C=O) groups excluding carboxylic acids is 1. The van der Waals surface area contributed by atoms with E-state index in [0.717, 1.165) is 0 Å². The predicted octanol–water partition coefficient (Wildman–Crippen LogP) is -0.724. The van der Waals surface area contributed by atoms with Crippen molar-refractivity contribution in [2.75, 3.05) is 24.6 Å². The van der Waals surface area contributed by atoms with E-state index in [0.29, 0.717) is 19.5 Å². The Morgan fingerprint density at radius 3 is 2.50 bits per heavy atom. The lowest BCUT2D eigenvalue weighted by atomic mass is 10.4. The summed E-state index contributed by atoms with van der Waals surface area (Å²) in [5.74, 6) is -0.177. The summed E-state index contributed by atoms with van der Waals surface area (Å²) in [5.41, 5.74) is 5.17. The van der Waals surface area contributed by atoms with Gasteiger partial charge in [0.15, 0.2) is 9.84 Å². The van der Waals surface area contributed by atoms with E-state index < -0.39 is 9.84 Å². The molecule has 0 bridgehead atoms. The summed E-state index contributed by atoms with van der Waals surface area (Å²) in [5, 5.41) is 2.52. The van der Waals surface area contributed by atoms with Crippen LogP contribution in [-0.2, 0) is 14.6 Å². The van der Waals surface area contributed by atoms with Gasteiger partial charge >= 0.3 is 0 Å². The van der Waals surface area contributed by atoms with Crippen molar-refractivity contribution in [3.8, 4) is 0 Å². The van der Waals surface area contributed by atoms with Crippen molar-refractivity contribution >= 4 is 15.7 Å². The normalized spacial score (nSPS) is 11.3. The van der Waals surface area contributed by atoms with Gasteiger partial charge in [0.2, 0.25) is 5.91 Å². The lowest BCUT2D eigenvalue weighted by molar-refractivity contribution is -0.120. The van der Waals surface area contributed by atoms with Gasteiger partial charge in [-0.15, -0.1) is 0 Å². The molecule has 0 atom stereocenters. The minimum Gasteiger partial charge on any atom is -0.355 e. The fraction of sp³-hybridized carbons (Fsp3) is 0.875. The van der Waals surface area contributed by atoms with Gasteiger partial charge < -0.3 is 11.1 Å². The molecule has 84 valence electrons. The average Bonchev–Trinajstić information content (AvgIpc) is 2.11. The number of sulfone groups is 1. The van der Waals surface area contributed by atoms with Gasteiger partial charge in [-0.3, -0.25) is 4.79 Å². The molecule has 0 aliphatic carbocycles. The van der Waals surface area contributed by atoms with Crippen LogP contribution in [0.2, 0.25) is 0 Å². The minimum absolute atomic E-state index is 0.0301. The zero-order valence-electron chi connectivity index (χ0n) is 8.45. The summed E-state index contributed by atoms with van der Waals surface area (Å²) in [6, 6.07) is 0. The van der Waals surface area contributed by atoms with Crippen molar-refractivity contribution in [3.05, 3.63) is 0 Å². The molecule has 0 unspecified atom stereocenters. The van der Waals surface area contributed by atoms with E-state index in [2.05, 4.69) is 5.32 Å². The third kappa shape index (κ3) is 6.85. The molecule has 5 nitrogen and oxygen atoms in total. The highest BCUT2D eigenvalue weighted by Gasteiger charge is 2.11. The molecule has 0 aromatic rings. The Balaban J connectivity index is 3.76. The monoisotopic (exact) mass is 222 g/mol. The molecule has 0 radical (unpaired) electrons. The van der Waals surface area contributed by atoms with Crippen molar-refractivity contribution in [1.82, 2.24) is 5.32 Å². The van der Waals surface area contributed by atoms with Crippen LogP contribution in [0.3, 0.4) is 0 Å². The molecular weight excluding hydrogens is 204 g/mol. The van der Waals surface area contributed by atoms with Gasteiger partial charge in [0.25, 0.3) is 0 Å². The summed E-state index contributed by atoms with van der Waals surface area (Å²) in [6.07, 6.45) is 0.620. The van der Waals surface area contributed by atoms with Crippen LogP contribution in [0.4, 0.5) is 0 Å². The number of carbonyl (C=O) groups is 1. The number of amides is 1. The smallest absolute Gasteiger partial charge is 0.221 e. The highest BCUT2D eigenvalue weighted by Crippen LogP contribution is 1.96. The van der Waals surface area contributed by atoms with Gasteiger partial charge in [0.05, 0.1) is 5.75 Å². The quantitative estimate of drug-likeness (QED) is 0.594. The first kappa shape index (κ1) is 13.4. The Morgan fingerprint density at radius 1 is 1.36 bits per heavy atom. The maximum atomic E-state index is 11.2. The lowest BCUT2D eigenvalue weighted by Crippen LogP contribution is -2.30. The molecule has 0 aliphatic rings. The van der Waals surface area contributed by atoms with Crippen LogP contribution in [0, 0.1) is 0 Å². The van der Waals surface area contributed by atoms with Crippen LogP contribution >= 0.6 is 0 Å². The Labute approximate surface area is 85.0 Å². The molecule has 0 rings (SSSR count). The molecule has 0 saturated carbocycles. The molecule has 0 aliphatic heterocycles. The molecule has 3 N–H and O–H groups in total. The first-order chi connectivity index (χ1) is 6.52. The third-order valence-electron chi connectivity index (χ3n) is 1.62. The number of nitrogens with two attached hydrogens (primary N) is 1. The minimum atomic E-state index is -3.04. The second-order valence-electron chi connectivity index (χ2n) is 3.04. The van der Waals surface area contributed by atoms with Gasteiger partial charge in [-0.05, 0) is 6.42 Å². The Hall–Kier alpha value is -0.620. The number of hydrogen-bond acceptors (Lipinski definition) is 4. The Bertz CT molecular complexity index is 262. The van der Waals surface area contributed by atoms with Gasteiger partial charge in [0.1, 0.15) is 0 Å². The molecule has 14 heavy (non-hydrogen) atoms. The second kappa shape index (κ2) is 6.78. The fourth-order valence-electron chi connectivity index (χ4n) is 0.961. The van der Waals surface area contributed by atoms with Crippen molar-refractivity contribution in [1.29, 1.82) is 0 Å². The van der Waals surface area contributed by atoms with Gasteiger partial charge in [0, 0.05) is 25.3 Å². The summed E-state index contributed by atoms with van der Waals surface area (Å²) >= 11 is 0. The average molecular weight is 222 g/mol. The van der Waals surface area contributed by atoms with Crippen LogP contribution in [0.25, 0.3) is 0 Å². The van der Waals surface area contributed by atoms with Gasteiger partial charge in [-0.2, -0.15) is 0 Å². The highest BCUT2D eigenvalue weighted by atomic mass is 32.2. The zero-order chi connectivity index (χ0) is 11.0. The number of hydrogen-bond donors (Lipinski definition) is 2. The molecule has 0 spiro atoms. The van der Waals surface area contributed by atoms with Crippen LogP contribution in [-0.4, -0.2) is 38.9 Å². The molecule has 0 aromatic heterocycles. The van der Waals surface area contributed by atoms with E-state index in [9.17, 15) is 13.2 Å². The molecule has 0 aromatic carbocycles. The van der Waals surface area contributed by atoms with Gasteiger partial charge in [-0.1, -0.05) is 6.92 Å². The van der Waals surface area contributed by atoms with E-state index in [-0.39, 0.29) is 23.8 Å². The number of rotatable bonds is 7. The van der Waals surface area contributed by atoms with Crippen LogP contribution in [0.5, 0.6) is 0 Å². The maximum Gasteiger partial charge on any atom is 0.221 e. The van der Waals surface area contributed by atoms with Crippen molar-refractivity contribution in [3.63, 3.8) is 0 Å². The molecule has 6 heteroatoms.